The summed E-state index contributed by atoms with van der Waals surface area (Å²) >= 11 is 0. The third-order valence-electron chi connectivity index (χ3n) is 2.99. The molecule has 80 valence electrons. The fraction of sp³-hybridized carbons (Fsp3) is 0.231. The monoisotopic (exact) mass is 212 g/mol. The van der Waals surface area contributed by atoms with Crippen molar-refractivity contribution in [2.24, 2.45) is 4.99 Å². The van der Waals surface area contributed by atoms with E-state index in [1.165, 1.54) is 11.1 Å². The topological polar surface area (TPSA) is 19.5 Å². The molecule has 3 heteroatoms. The highest BCUT2D eigenvalue weighted by Gasteiger charge is 2.28. The lowest BCUT2D eigenvalue weighted by molar-refractivity contribution is -0.700. The van der Waals surface area contributed by atoms with Crippen LogP contribution in [0.2, 0.25) is 0 Å². The number of hydrogen-bond donors (Lipinski definition) is 0. The Morgan fingerprint density at radius 3 is 3.12 bits per heavy atom. The second-order valence-corrected chi connectivity index (χ2v) is 4.22. The van der Waals surface area contributed by atoms with Gasteiger partial charge in [-0.3, -0.25) is 4.90 Å². The molecule has 0 spiro atoms. The third-order valence-corrected chi connectivity index (χ3v) is 2.99. The normalized spacial score (nSPS) is 17.5. The molecule has 0 atom stereocenters. The van der Waals surface area contributed by atoms with Crippen molar-refractivity contribution in [3.63, 3.8) is 0 Å². The van der Waals surface area contributed by atoms with Crippen LogP contribution in [0.4, 0.5) is 5.82 Å². The molecule has 0 bridgehead atoms. The third kappa shape index (κ3) is 1.28. The number of aromatic nitrogens is 1. The largest absolute Gasteiger partial charge is 0.330 e. The average molecular weight is 212 g/mol. The first-order valence-electron chi connectivity index (χ1n) is 5.45. The van der Waals surface area contributed by atoms with Crippen LogP contribution in [-0.4, -0.2) is 10.7 Å². The van der Waals surface area contributed by atoms with E-state index in [-0.39, 0.29) is 0 Å². The van der Waals surface area contributed by atoms with Gasteiger partial charge in [-0.05, 0) is 37.0 Å². The van der Waals surface area contributed by atoms with E-state index in [1.54, 1.807) is 0 Å². The molecule has 0 N–H and O–H groups in total. The van der Waals surface area contributed by atoms with Gasteiger partial charge in [0.2, 0.25) is 0 Å². The average Bonchev–Trinajstić information content (AvgIpc) is 2.28. The van der Waals surface area contributed by atoms with Crippen LogP contribution in [0.1, 0.15) is 12.5 Å². The molecule has 2 aliphatic heterocycles. The summed E-state index contributed by atoms with van der Waals surface area (Å²) in [6.45, 7) is 5.05. The lowest BCUT2D eigenvalue weighted by Crippen LogP contribution is -2.48. The van der Waals surface area contributed by atoms with Crippen LogP contribution in [0.3, 0.4) is 0 Å². The van der Waals surface area contributed by atoms with E-state index >= 15 is 0 Å². The standard InChI is InChI=1S/C13H14N3/c1-10-5-3-7-15-9-16-8-4-6-11(2)13(16)14-12(10)15/h3-8H,9H2,1-2H3/q+1. The minimum absolute atomic E-state index is 0.845. The van der Waals surface area contributed by atoms with Crippen LogP contribution in [0.25, 0.3) is 0 Å². The van der Waals surface area contributed by atoms with Crippen LogP contribution in [0.15, 0.2) is 47.2 Å². The maximum absolute atomic E-state index is 4.73. The van der Waals surface area contributed by atoms with Gasteiger partial charge in [-0.1, -0.05) is 6.08 Å². The lowest BCUT2D eigenvalue weighted by atomic mass is 10.1. The molecule has 0 unspecified atom stereocenters. The molecule has 0 saturated carbocycles. The molecule has 0 aliphatic carbocycles. The van der Waals surface area contributed by atoms with E-state index in [4.69, 9.17) is 4.99 Å². The maximum Gasteiger partial charge on any atom is 0.330 e. The number of hydrogen-bond acceptors (Lipinski definition) is 2. The maximum atomic E-state index is 4.73. The van der Waals surface area contributed by atoms with Gasteiger partial charge in [0.1, 0.15) is 0 Å². The van der Waals surface area contributed by atoms with Gasteiger partial charge in [-0.2, -0.15) is 0 Å². The fourth-order valence-electron chi connectivity index (χ4n) is 2.12. The van der Waals surface area contributed by atoms with Gasteiger partial charge in [-0.25, -0.2) is 4.57 Å². The summed E-state index contributed by atoms with van der Waals surface area (Å²) in [7, 11) is 0. The van der Waals surface area contributed by atoms with Crippen molar-refractivity contribution in [1.29, 1.82) is 0 Å². The number of rotatable bonds is 0. The number of amidine groups is 1. The highest BCUT2D eigenvalue weighted by molar-refractivity contribution is 6.00. The van der Waals surface area contributed by atoms with Crippen molar-refractivity contribution in [3.8, 4) is 0 Å². The second-order valence-electron chi connectivity index (χ2n) is 4.22. The summed E-state index contributed by atoms with van der Waals surface area (Å²) in [6.07, 6.45) is 8.31. The first kappa shape index (κ1) is 9.33. The summed E-state index contributed by atoms with van der Waals surface area (Å²) in [4.78, 5) is 6.90. The quantitative estimate of drug-likeness (QED) is 0.602. The smallest absolute Gasteiger partial charge is 0.274 e. The molecule has 16 heavy (non-hydrogen) atoms. The summed E-state index contributed by atoms with van der Waals surface area (Å²) in [6, 6.07) is 4.17. The predicted octanol–water partition coefficient (Wildman–Crippen LogP) is 2.06. The molecule has 1 aromatic heterocycles. The Hall–Kier alpha value is -1.90. The van der Waals surface area contributed by atoms with Gasteiger partial charge >= 0.3 is 5.82 Å². The Morgan fingerprint density at radius 2 is 2.25 bits per heavy atom. The zero-order valence-corrected chi connectivity index (χ0v) is 9.51. The second kappa shape index (κ2) is 3.30. The lowest BCUT2D eigenvalue weighted by Gasteiger charge is -2.24. The number of pyridine rings is 1. The number of nitrogens with zero attached hydrogens (tertiary/aromatic N) is 3. The van der Waals surface area contributed by atoms with Gasteiger partial charge in [0.25, 0.3) is 5.84 Å². The minimum Gasteiger partial charge on any atom is -0.274 e. The highest BCUT2D eigenvalue weighted by atomic mass is 15.3. The van der Waals surface area contributed by atoms with E-state index in [2.05, 4.69) is 60.0 Å². The van der Waals surface area contributed by atoms with E-state index in [0.717, 1.165) is 18.3 Å². The summed E-state index contributed by atoms with van der Waals surface area (Å²) in [5.74, 6) is 2.13. The van der Waals surface area contributed by atoms with Crippen LogP contribution in [0.5, 0.6) is 0 Å². The van der Waals surface area contributed by atoms with E-state index < -0.39 is 0 Å². The van der Waals surface area contributed by atoms with Gasteiger partial charge in [0.15, 0.2) is 6.67 Å². The zero-order chi connectivity index (χ0) is 11.1. The summed E-state index contributed by atoms with van der Waals surface area (Å²) in [5.41, 5.74) is 2.44. The number of aliphatic imine (C=N–C) groups is 1. The molecule has 0 aromatic carbocycles. The van der Waals surface area contributed by atoms with Crippen LogP contribution in [0, 0.1) is 6.92 Å². The van der Waals surface area contributed by atoms with Gasteiger partial charge in [0.05, 0.1) is 6.20 Å². The van der Waals surface area contributed by atoms with Crippen molar-refractivity contribution in [1.82, 2.24) is 4.90 Å². The predicted molar refractivity (Wildman–Crippen MR) is 63.2 cm³/mol. The Bertz CT molecular complexity index is 538. The van der Waals surface area contributed by atoms with Crippen LogP contribution < -0.4 is 4.57 Å². The van der Waals surface area contributed by atoms with E-state index in [0.29, 0.717) is 0 Å². The van der Waals surface area contributed by atoms with Crippen molar-refractivity contribution in [3.05, 3.63) is 47.8 Å². The summed E-state index contributed by atoms with van der Waals surface area (Å²) in [5, 5.41) is 0. The Balaban J connectivity index is 2.18. The minimum atomic E-state index is 0.845. The molecule has 1 aromatic rings. The molecule has 0 fully saturated rings. The van der Waals surface area contributed by atoms with Crippen molar-refractivity contribution >= 4 is 11.7 Å². The van der Waals surface area contributed by atoms with Crippen LogP contribution in [-0.2, 0) is 6.67 Å². The molecule has 3 nitrogen and oxygen atoms in total. The number of aryl methyl sites for hydroxylation is 1. The van der Waals surface area contributed by atoms with Crippen molar-refractivity contribution in [2.75, 3.05) is 0 Å². The first-order chi connectivity index (χ1) is 7.75. The number of allylic oxidation sites excluding steroid dienone is 2. The number of fused-ring (bicyclic) bond motifs is 2. The van der Waals surface area contributed by atoms with E-state index in [1.807, 2.05) is 0 Å². The SMILES string of the molecule is CC1=CC=CN2C[n+]3cccc(C)c3N=C12. The van der Waals surface area contributed by atoms with Gasteiger partial charge in [0, 0.05) is 17.3 Å². The first-order valence-corrected chi connectivity index (χ1v) is 5.45. The Kier molecular flexibility index (Phi) is 1.93. The molecule has 0 saturated heterocycles. The molecular weight excluding hydrogens is 198 g/mol. The molecule has 0 radical (unpaired) electrons. The van der Waals surface area contributed by atoms with Gasteiger partial charge in [-0.15, -0.1) is 0 Å². The van der Waals surface area contributed by atoms with Gasteiger partial charge < -0.3 is 0 Å². The fourth-order valence-corrected chi connectivity index (χ4v) is 2.12. The molecule has 3 rings (SSSR count). The van der Waals surface area contributed by atoms with Crippen LogP contribution >= 0.6 is 0 Å². The molecule has 2 aliphatic rings. The molecular formula is C13H14N3+. The van der Waals surface area contributed by atoms with Crippen molar-refractivity contribution in [2.45, 2.75) is 20.5 Å². The zero-order valence-electron chi connectivity index (χ0n) is 9.51. The summed E-state index contributed by atoms with van der Waals surface area (Å²) < 4.78 is 2.17. The highest BCUT2D eigenvalue weighted by Crippen LogP contribution is 2.21. The van der Waals surface area contributed by atoms with E-state index in [9.17, 15) is 0 Å². The van der Waals surface area contributed by atoms with Crippen molar-refractivity contribution < 1.29 is 4.57 Å². The molecule has 0 amide bonds. The Labute approximate surface area is 95.0 Å². The Morgan fingerprint density at radius 1 is 1.38 bits per heavy atom. The molecule has 3 heterocycles.